The molecule has 0 bridgehead atoms. The Labute approximate surface area is 95.6 Å². The number of thiol groups is 1. The lowest BCUT2D eigenvalue weighted by atomic mass is 9.70. The van der Waals surface area contributed by atoms with Crippen LogP contribution in [0.1, 0.15) is 32.6 Å². The lowest BCUT2D eigenvalue weighted by Crippen LogP contribution is -2.46. The summed E-state index contributed by atoms with van der Waals surface area (Å²) >= 11 is 4.34. The molecule has 1 heterocycles. The SMILES string of the molecule is CC1CC(=O)N(CC2(CS)CCC2)C1=O. The summed E-state index contributed by atoms with van der Waals surface area (Å²) in [7, 11) is 0. The highest BCUT2D eigenvalue weighted by molar-refractivity contribution is 7.80. The van der Waals surface area contributed by atoms with Crippen molar-refractivity contribution in [3.8, 4) is 0 Å². The Bertz CT molecular complexity index is 293. The minimum Gasteiger partial charge on any atom is -0.282 e. The standard InChI is InChI=1S/C11H17NO2S/c1-8-5-9(13)12(10(8)14)6-11(7-15)3-2-4-11/h8,15H,2-7H2,1H3. The van der Waals surface area contributed by atoms with Crippen LogP contribution in [-0.4, -0.2) is 29.0 Å². The first kappa shape index (κ1) is 11.0. The molecule has 1 unspecified atom stereocenters. The first-order chi connectivity index (χ1) is 7.08. The van der Waals surface area contributed by atoms with Gasteiger partial charge < -0.3 is 0 Å². The molecule has 0 N–H and O–H groups in total. The largest absolute Gasteiger partial charge is 0.282 e. The summed E-state index contributed by atoms with van der Waals surface area (Å²) in [6.07, 6.45) is 3.79. The average Bonchev–Trinajstić information content (AvgIpc) is 2.37. The van der Waals surface area contributed by atoms with Gasteiger partial charge >= 0.3 is 0 Å². The first-order valence-electron chi connectivity index (χ1n) is 5.53. The Morgan fingerprint density at radius 2 is 2.13 bits per heavy atom. The number of hydrogen-bond acceptors (Lipinski definition) is 3. The van der Waals surface area contributed by atoms with E-state index < -0.39 is 0 Å². The van der Waals surface area contributed by atoms with Crippen LogP contribution in [0.25, 0.3) is 0 Å². The number of amides is 2. The number of carbonyl (C=O) groups is 2. The van der Waals surface area contributed by atoms with E-state index in [-0.39, 0.29) is 23.1 Å². The van der Waals surface area contributed by atoms with Crippen molar-refractivity contribution in [3.05, 3.63) is 0 Å². The summed E-state index contributed by atoms with van der Waals surface area (Å²) in [5.41, 5.74) is 0.124. The lowest BCUT2D eigenvalue weighted by Gasteiger charge is -2.42. The number of hydrogen-bond donors (Lipinski definition) is 1. The number of likely N-dealkylation sites (tertiary alicyclic amines) is 1. The van der Waals surface area contributed by atoms with Gasteiger partial charge in [0.15, 0.2) is 0 Å². The van der Waals surface area contributed by atoms with Crippen LogP contribution in [0.4, 0.5) is 0 Å². The molecular weight excluding hydrogens is 210 g/mol. The van der Waals surface area contributed by atoms with Crippen molar-refractivity contribution in [1.82, 2.24) is 4.90 Å². The Morgan fingerprint density at radius 3 is 2.47 bits per heavy atom. The van der Waals surface area contributed by atoms with E-state index in [1.165, 1.54) is 11.3 Å². The van der Waals surface area contributed by atoms with Crippen LogP contribution in [0.3, 0.4) is 0 Å². The van der Waals surface area contributed by atoms with E-state index in [1.54, 1.807) is 0 Å². The van der Waals surface area contributed by atoms with E-state index in [9.17, 15) is 9.59 Å². The van der Waals surface area contributed by atoms with Gasteiger partial charge in [0, 0.05) is 18.9 Å². The zero-order valence-electron chi connectivity index (χ0n) is 9.03. The first-order valence-corrected chi connectivity index (χ1v) is 6.16. The van der Waals surface area contributed by atoms with Gasteiger partial charge in [-0.2, -0.15) is 12.6 Å². The predicted molar refractivity (Wildman–Crippen MR) is 60.6 cm³/mol. The second kappa shape index (κ2) is 3.81. The van der Waals surface area contributed by atoms with Crippen molar-refractivity contribution in [2.24, 2.45) is 11.3 Å². The Kier molecular flexibility index (Phi) is 2.79. The number of nitrogens with zero attached hydrogens (tertiary/aromatic N) is 1. The summed E-state index contributed by atoms with van der Waals surface area (Å²) in [6, 6.07) is 0. The molecule has 84 valence electrons. The smallest absolute Gasteiger partial charge is 0.232 e. The van der Waals surface area contributed by atoms with Crippen molar-refractivity contribution in [3.63, 3.8) is 0 Å². The quantitative estimate of drug-likeness (QED) is 0.586. The molecule has 2 fully saturated rings. The van der Waals surface area contributed by atoms with Crippen LogP contribution >= 0.6 is 12.6 Å². The van der Waals surface area contributed by atoms with Gasteiger partial charge in [-0.15, -0.1) is 0 Å². The molecule has 2 rings (SSSR count). The maximum Gasteiger partial charge on any atom is 0.232 e. The molecule has 15 heavy (non-hydrogen) atoms. The van der Waals surface area contributed by atoms with E-state index in [1.807, 2.05) is 6.92 Å². The highest BCUT2D eigenvalue weighted by Gasteiger charge is 2.43. The molecule has 1 atom stereocenters. The third-order valence-corrected chi connectivity index (χ3v) is 4.38. The van der Waals surface area contributed by atoms with Crippen LogP contribution in [0.5, 0.6) is 0 Å². The molecule has 1 saturated heterocycles. The molecule has 2 amide bonds. The van der Waals surface area contributed by atoms with E-state index in [0.29, 0.717) is 13.0 Å². The zero-order valence-corrected chi connectivity index (χ0v) is 9.93. The molecule has 0 aromatic heterocycles. The second-order valence-corrected chi connectivity index (χ2v) is 5.25. The monoisotopic (exact) mass is 227 g/mol. The fourth-order valence-electron chi connectivity index (χ4n) is 2.39. The van der Waals surface area contributed by atoms with Crippen LogP contribution in [0, 0.1) is 11.3 Å². The molecule has 4 heteroatoms. The third kappa shape index (κ3) is 1.80. The van der Waals surface area contributed by atoms with Crippen molar-refractivity contribution in [2.75, 3.05) is 12.3 Å². The highest BCUT2D eigenvalue weighted by atomic mass is 32.1. The molecule has 1 saturated carbocycles. The summed E-state index contributed by atoms with van der Waals surface area (Å²) in [4.78, 5) is 24.8. The lowest BCUT2D eigenvalue weighted by molar-refractivity contribution is -0.141. The fourth-order valence-corrected chi connectivity index (χ4v) is 2.81. The van der Waals surface area contributed by atoms with Gasteiger partial charge in [0.05, 0.1) is 0 Å². The summed E-state index contributed by atoms with van der Waals surface area (Å²) < 4.78 is 0. The van der Waals surface area contributed by atoms with E-state index in [2.05, 4.69) is 12.6 Å². The van der Waals surface area contributed by atoms with Gasteiger partial charge in [-0.1, -0.05) is 13.3 Å². The highest BCUT2D eigenvalue weighted by Crippen LogP contribution is 2.43. The third-order valence-electron chi connectivity index (χ3n) is 3.71. The number of rotatable bonds is 3. The van der Waals surface area contributed by atoms with Gasteiger partial charge in [-0.25, -0.2) is 0 Å². The second-order valence-electron chi connectivity index (χ2n) is 4.93. The predicted octanol–water partition coefficient (Wildman–Crippen LogP) is 1.48. The van der Waals surface area contributed by atoms with Gasteiger partial charge in [0.25, 0.3) is 0 Å². The van der Waals surface area contributed by atoms with Gasteiger partial charge in [-0.3, -0.25) is 14.5 Å². The minimum atomic E-state index is -0.116. The van der Waals surface area contributed by atoms with Crippen molar-refractivity contribution in [2.45, 2.75) is 32.6 Å². The maximum absolute atomic E-state index is 11.7. The summed E-state index contributed by atoms with van der Waals surface area (Å²) in [6.45, 7) is 2.42. The normalized spacial score (nSPS) is 29.5. The molecule has 1 aliphatic heterocycles. The van der Waals surface area contributed by atoms with Crippen LogP contribution < -0.4 is 0 Å². The summed E-state index contributed by atoms with van der Waals surface area (Å²) in [5, 5.41) is 0. The van der Waals surface area contributed by atoms with Crippen molar-refractivity contribution >= 4 is 24.4 Å². The maximum atomic E-state index is 11.7. The molecule has 0 aromatic rings. The molecule has 3 nitrogen and oxygen atoms in total. The Morgan fingerprint density at radius 1 is 1.47 bits per heavy atom. The molecule has 1 aliphatic carbocycles. The fraction of sp³-hybridized carbons (Fsp3) is 0.818. The van der Waals surface area contributed by atoms with Gasteiger partial charge in [0.1, 0.15) is 0 Å². The molecular formula is C11H17NO2S. The van der Waals surface area contributed by atoms with Crippen LogP contribution in [-0.2, 0) is 9.59 Å². The molecule has 0 aromatic carbocycles. The van der Waals surface area contributed by atoms with Crippen molar-refractivity contribution < 1.29 is 9.59 Å². The number of imide groups is 1. The van der Waals surface area contributed by atoms with Crippen LogP contribution in [0.15, 0.2) is 0 Å². The molecule has 2 aliphatic rings. The van der Waals surface area contributed by atoms with E-state index in [4.69, 9.17) is 0 Å². The van der Waals surface area contributed by atoms with Gasteiger partial charge in [-0.05, 0) is 24.0 Å². The van der Waals surface area contributed by atoms with Crippen LogP contribution in [0.2, 0.25) is 0 Å². The van der Waals surface area contributed by atoms with E-state index >= 15 is 0 Å². The molecule has 0 radical (unpaired) electrons. The average molecular weight is 227 g/mol. The molecule has 0 spiro atoms. The topological polar surface area (TPSA) is 37.4 Å². The van der Waals surface area contributed by atoms with Gasteiger partial charge in [0.2, 0.25) is 11.8 Å². The van der Waals surface area contributed by atoms with E-state index in [0.717, 1.165) is 18.6 Å². The number of carbonyl (C=O) groups excluding carboxylic acids is 2. The zero-order chi connectivity index (χ0) is 11.1. The summed E-state index contributed by atoms with van der Waals surface area (Å²) in [5.74, 6) is 0.668. The Balaban J connectivity index is 2.05. The van der Waals surface area contributed by atoms with Crippen molar-refractivity contribution in [1.29, 1.82) is 0 Å². The minimum absolute atomic E-state index is 0.000517. The Hall–Kier alpha value is -0.510.